The minimum atomic E-state index is -0.220. The van der Waals surface area contributed by atoms with E-state index in [1.165, 1.54) is 6.20 Å². The van der Waals surface area contributed by atoms with Gasteiger partial charge in [0.05, 0.1) is 6.10 Å². The Bertz CT molecular complexity index is 627. The molecule has 1 amide bonds. The molecule has 1 N–H and O–H groups in total. The number of nitrogens with one attached hydrogen (secondary N) is 1. The van der Waals surface area contributed by atoms with Crippen LogP contribution in [0.1, 0.15) is 29.9 Å². The van der Waals surface area contributed by atoms with Gasteiger partial charge in [0.2, 0.25) is 0 Å². The van der Waals surface area contributed by atoms with Gasteiger partial charge in [-0.1, -0.05) is 23.7 Å². The molecule has 1 aromatic carbocycles. The lowest BCUT2D eigenvalue weighted by molar-refractivity contribution is 0.0949. The van der Waals surface area contributed by atoms with Gasteiger partial charge in [-0.2, -0.15) is 0 Å². The van der Waals surface area contributed by atoms with E-state index in [1.807, 2.05) is 38.1 Å². The summed E-state index contributed by atoms with van der Waals surface area (Å²) >= 11 is 5.84. The van der Waals surface area contributed by atoms with Crippen LogP contribution in [-0.4, -0.2) is 23.5 Å². The predicted octanol–water partition coefficient (Wildman–Crippen LogP) is 3.49. The lowest BCUT2D eigenvalue weighted by Gasteiger charge is -2.10. The molecule has 0 aliphatic rings. The molecule has 116 valence electrons. The summed E-state index contributed by atoms with van der Waals surface area (Å²) in [6, 6.07) is 11.1. The first-order valence-corrected chi connectivity index (χ1v) is 7.58. The van der Waals surface area contributed by atoms with Crippen molar-refractivity contribution in [2.24, 2.45) is 0 Å². The van der Waals surface area contributed by atoms with Crippen LogP contribution in [0.5, 0.6) is 5.75 Å². The Hall–Kier alpha value is -2.07. The maximum atomic E-state index is 11.9. The minimum Gasteiger partial charge on any atom is -0.491 e. The van der Waals surface area contributed by atoms with Crippen molar-refractivity contribution in [3.63, 3.8) is 0 Å². The molecule has 0 aliphatic heterocycles. The molecule has 0 aliphatic carbocycles. The van der Waals surface area contributed by atoms with Gasteiger partial charge in [-0.15, -0.1) is 0 Å². The molecule has 0 bridgehead atoms. The fraction of sp³-hybridized carbons (Fsp3) is 0.294. The highest BCUT2D eigenvalue weighted by atomic mass is 35.5. The van der Waals surface area contributed by atoms with Crippen LogP contribution in [-0.2, 0) is 6.42 Å². The van der Waals surface area contributed by atoms with Gasteiger partial charge < -0.3 is 10.1 Å². The van der Waals surface area contributed by atoms with Gasteiger partial charge in [-0.25, -0.2) is 0 Å². The lowest BCUT2D eigenvalue weighted by Crippen LogP contribution is -2.26. The average molecular weight is 319 g/mol. The van der Waals surface area contributed by atoms with E-state index < -0.39 is 0 Å². The van der Waals surface area contributed by atoms with E-state index in [4.69, 9.17) is 16.3 Å². The summed E-state index contributed by atoms with van der Waals surface area (Å²) in [5.74, 6) is 0.633. The fourth-order valence-electron chi connectivity index (χ4n) is 1.95. The summed E-state index contributed by atoms with van der Waals surface area (Å²) < 4.78 is 5.59. The molecule has 5 heteroatoms. The third-order valence-electron chi connectivity index (χ3n) is 2.95. The Morgan fingerprint density at radius 3 is 2.64 bits per heavy atom. The zero-order valence-electron chi connectivity index (χ0n) is 12.7. The molecule has 4 nitrogen and oxygen atoms in total. The van der Waals surface area contributed by atoms with Crippen molar-refractivity contribution in [2.45, 2.75) is 26.4 Å². The SMILES string of the molecule is CC(C)Oc1ccc(CCNC(=O)c2cc(Cl)ccn2)cc1. The second-order valence-electron chi connectivity index (χ2n) is 5.18. The fourth-order valence-corrected chi connectivity index (χ4v) is 2.11. The van der Waals surface area contributed by atoms with Crippen LogP contribution in [0.15, 0.2) is 42.6 Å². The van der Waals surface area contributed by atoms with Crippen molar-refractivity contribution in [1.29, 1.82) is 0 Å². The number of ether oxygens (including phenoxy) is 1. The van der Waals surface area contributed by atoms with E-state index in [0.29, 0.717) is 17.3 Å². The molecule has 22 heavy (non-hydrogen) atoms. The second-order valence-corrected chi connectivity index (χ2v) is 5.61. The van der Waals surface area contributed by atoms with Crippen LogP contribution < -0.4 is 10.1 Å². The largest absolute Gasteiger partial charge is 0.491 e. The second kappa shape index (κ2) is 7.80. The number of pyridine rings is 1. The van der Waals surface area contributed by atoms with Gasteiger partial charge in [0, 0.05) is 17.8 Å². The number of hydrogen-bond acceptors (Lipinski definition) is 3. The number of aromatic nitrogens is 1. The molecule has 1 heterocycles. The number of benzene rings is 1. The van der Waals surface area contributed by atoms with Crippen molar-refractivity contribution in [3.05, 3.63) is 58.9 Å². The summed E-state index contributed by atoms with van der Waals surface area (Å²) in [4.78, 5) is 15.9. The zero-order valence-corrected chi connectivity index (χ0v) is 13.4. The molecule has 0 saturated carbocycles. The topological polar surface area (TPSA) is 51.2 Å². The Kier molecular flexibility index (Phi) is 5.78. The summed E-state index contributed by atoms with van der Waals surface area (Å²) in [7, 11) is 0. The van der Waals surface area contributed by atoms with E-state index in [0.717, 1.165) is 17.7 Å². The first kappa shape index (κ1) is 16.3. The number of amides is 1. The summed E-state index contributed by atoms with van der Waals surface area (Å²) in [5.41, 5.74) is 1.46. The van der Waals surface area contributed by atoms with Gasteiger partial charge in [-0.3, -0.25) is 9.78 Å². The molecule has 0 spiro atoms. The maximum absolute atomic E-state index is 11.9. The Morgan fingerprint density at radius 1 is 1.27 bits per heavy atom. The number of carbonyl (C=O) groups is 1. The number of halogens is 1. The van der Waals surface area contributed by atoms with E-state index in [-0.39, 0.29) is 12.0 Å². The van der Waals surface area contributed by atoms with Crippen molar-refractivity contribution >= 4 is 17.5 Å². The maximum Gasteiger partial charge on any atom is 0.269 e. The molecular formula is C17H19ClN2O2. The number of rotatable bonds is 6. The van der Waals surface area contributed by atoms with Crippen LogP contribution in [0, 0.1) is 0 Å². The van der Waals surface area contributed by atoms with Crippen LogP contribution in [0.2, 0.25) is 5.02 Å². The van der Waals surface area contributed by atoms with Crippen LogP contribution in [0.4, 0.5) is 0 Å². The first-order valence-electron chi connectivity index (χ1n) is 7.20. The number of carbonyl (C=O) groups excluding carboxylic acids is 1. The highest BCUT2D eigenvalue weighted by Crippen LogP contribution is 2.14. The predicted molar refractivity (Wildman–Crippen MR) is 87.5 cm³/mol. The quantitative estimate of drug-likeness (QED) is 0.887. The van der Waals surface area contributed by atoms with Crippen LogP contribution in [0.3, 0.4) is 0 Å². The van der Waals surface area contributed by atoms with Crippen LogP contribution >= 0.6 is 11.6 Å². The summed E-state index contributed by atoms with van der Waals surface area (Å²) in [6.45, 7) is 4.53. The number of nitrogens with zero attached hydrogens (tertiary/aromatic N) is 1. The minimum absolute atomic E-state index is 0.162. The lowest BCUT2D eigenvalue weighted by atomic mass is 10.1. The van der Waals surface area contributed by atoms with Crippen LogP contribution in [0.25, 0.3) is 0 Å². The van der Waals surface area contributed by atoms with E-state index in [1.54, 1.807) is 12.1 Å². The standard InChI is InChI=1S/C17H19ClN2O2/c1-12(2)22-15-5-3-13(4-6-15)7-9-20-17(21)16-11-14(18)8-10-19-16/h3-6,8,10-12H,7,9H2,1-2H3,(H,20,21). The van der Waals surface area contributed by atoms with E-state index >= 15 is 0 Å². The van der Waals surface area contributed by atoms with Crippen molar-refractivity contribution < 1.29 is 9.53 Å². The smallest absolute Gasteiger partial charge is 0.269 e. The summed E-state index contributed by atoms with van der Waals surface area (Å²) in [6.07, 6.45) is 2.43. The zero-order chi connectivity index (χ0) is 15.9. The Labute approximate surface area is 135 Å². The van der Waals surface area contributed by atoms with E-state index in [2.05, 4.69) is 10.3 Å². The van der Waals surface area contributed by atoms with Gasteiger partial charge in [-0.05, 0) is 50.1 Å². The Morgan fingerprint density at radius 2 is 2.00 bits per heavy atom. The normalized spacial score (nSPS) is 10.5. The first-order chi connectivity index (χ1) is 10.5. The monoisotopic (exact) mass is 318 g/mol. The highest BCUT2D eigenvalue weighted by molar-refractivity contribution is 6.30. The Balaban J connectivity index is 1.82. The molecule has 2 aromatic rings. The molecule has 0 radical (unpaired) electrons. The van der Waals surface area contributed by atoms with E-state index in [9.17, 15) is 4.79 Å². The number of hydrogen-bond donors (Lipinski definition) is 1. The molecule has 0 fully saturated rings. The third-order valence-corrected chi connectivity index (χ3v) is 3.18. The van der Waals surface area contributed by atoms with Crippen molar-refractivity contribution in [2.75, 3.05) is 6.54 Å². The van der Waals surface area contributed by atoms with Gasteiger partial charge in [0.25, 0.3) is 5.91 Å². The molecule has 1 aromatic heterocycles. The van der Waals surface area contributed by atoms with Gasteiger partial charge in [0.1, 0.15) is 11.4 Å². The molecule has 0 saturated heterocycles. The molecular weight excluding hydrogens is 300 g/mol. The van der Waals surface area contributed by atoms with Gasteiger partial charge >= 0.3 is 0 Å². The molecule has 2 rings (SSSR count). The van der Waals surface area contributed by atoms with Crippen molar-refractivity contribution in [3.8, 4) is 5.75 Å². The average Bonchev–Trinajstić information content (AvgIpc) is 2.48. The molecule has 0 unspecified atom stereocenters. The molecule has 0 atom stereocenters. The highest BCUT2D eigenvalue weighted by Gasteiger charge is 2.07. The van der Waals surface area contributed by atoms with Crippen molar-refractivity contribution in [1.82, 2.24) is 10.3 Å². The summed E-state index contributed by atoms with van der Waals surface area (Å²) in [5, 5.41) is 3.33. The van der Waals surface area contributed by atoms with Gasteiger partial charge in [0.15, 0.2) is 0 Å². The third kappa shape index (κ3) is 5.04.